The molecular formula is C10H11N5O5S. The Labute approximate surface area is 119 Å². The van der Waals surface area contributed by atoms with Crippen LogP contribution in [0.3, 0.4) is 0 Å². The van der Waals surface area contributed by atoms with Gasteiger partial charge < -0.3 is 4.74 Å². The predicted octanol–water partition coefficient (Wildman–Crippen LogP) is 0.831. The zero-order valence-electron chi connectivity index (χ0n) is 11.0. The minimum Gasteiger partial charge on any atom is -0.466 e. The molecule has 2 N–H and O–H groups in total. The predicted molar refractivity (Wildman–Crippen MR) is 71.6 cm³/mol. The number of rotatable bonds is 5. The summed E-state index contributed by atoms with van der Waals surface area (Å²) in [7, 11) is -2.71. The number of H-pyrrole nitrogens is 1. The smallest absolute Gasteiger partial charge is 0.336 e. The van der Waals surface area contributed by atoms with E-state index < -0.39 is 14.9 Å². The molecule has 2 aromatic rings. The number of methoxy groups -OCH3 is 1. The highest BCUT2D eigenvalue weighted by Crippen LogP contribution is 2.25. The molecule has 0 radical (unpaired) electrons. The van der Waals surface area contributed by atoms with Gasteiger partial charge in [-0.25, -0.2) is 18.2 Å². The average molecular weight is 313 g/mol. The molecule has 0 aliphatic heterocycles. The van der Waals surface area contributed by atoms with Crippen LogP contribution in [0.5, 0.6) is 6.01 Å². The van der Waals surface area contributed by atoms with Gasteiger partial charge in [0, 0.05) is 11.6 Å². The fraction of sp³-hybridized carbons (Fsp3) is 0.200. The van der Waals surface area contributed by atoms with Crippen molar-refractivity contribution >= 4 is 21.7 Å². The van der Waals surface area contributed by atoms with Crippen LogP contribution >= 0.6 is 0 Å². The summed E-state index contributed by atoms with van der Waals surface area (Å²) in [5.41, 5.74) is -0.255. The van der Waals surface area contributed by atoms with Gasteiger partial charge in [0.25, 0.3) is 15.7 Å². The maximum absolute atomic E-state index is 12.2. The van der Waals surface area contributed by atoms with Gasteiger partial charge in [0.15, 0.2) is 0 Å². The van der Waals surface area contributed by atoms with Crippen LogP contribution in [0.1, 0.15) is 5.56 Å². The quantitative estimate of drug-likeness (QED) is 0.615. The molecule has 0 aliphatic carbocycles. The van der Waals surface area contributed by atoms with E-state index in [4.69, 9.17) is 4.74 Å². The molecule has 112 valence electrons. The number of aromatic nitrogens is 3. The molecule has 0 unspecified atom stereocenters. The van der Waals surface area contributed by atoms with Gasteiger partial charge in [0.05, 0.1) is 16.9 Å². The molecule has 2 rings (SSSR count). The van der Waals surface area contributed by atoms with Crippen LogP contribution in [0.2, 0.25) is 0 Å². The average Bonchev–Trinajstić information content (AvgIpc) is 2.85. The molecule has 1 heterocycles. The van der Waals surface area contributed by atoms with Crippen molar-refractivity contribution in [3.63, 3.8) is 0 Å². The minimum absolute atomic E-state index is 0.0291. The van der Waals surface area contributed by atoms with Crippen molar-refractivity contribution in [1.29, 1.82) is 0 Å². The number of aromatic amines is 1. The molecule has 0 aliphatic rings. The number of ether oxygens (including phenoxy) is 1. The van der Waals surface area contributed by atoms with Crippen LogP contribution in [0.4, 0.5) is 11.6 Å². The summed E-state index contributed by atoms with van der Waals surface area (Å²) >= 11 is 0. The molecule has 0 spiro atoms. The first-order valence-corrected chi connectivity index (χ1v) is 7.06. The van der Waals surface area contributed by atoms with Crippen LogP contribution in [0.15, 0.2) is 23.1 Å². The van der Waals surface area contributed by atoms with E-state index in [9.17, 15) is 18.5 Å². The van der Waals surface area contributed by atoms with Crippen molar-refractivity contribution in [3.05, 3.63) is 33.9 Å². The van der Waals surface area contributed by atoms with Crippen molar-refractivity contribution in [3.8, 4) is 6.01 Å². The van der Waals surface area contributed by atoms with Gasteiger partial charge in [-0.05, 0) is 13.0 Å². The second-order valence-electron chi connectivity index (χ2n) is 3.93. The second-order valence-corrected chi connectivity index (χ2v) is 5.58. The lowest BCUT2D eigenvalue weighted by Gasteiger charge is -2.07. The second kappa shape index (κ2) is 5.36. The number of hydrogen-bond donors (Lipinski definition) is 2. The van der Waals surface area contributed by atoms with Crippen molar-refractivity contribution in [2.24, 2.45) is 0 Å². The number of nitro benzene ring substituents is 1. The SMILES string of the molecule is COc1n[nH]c(NS(=O)(=O)c2cccc([N+](=O)[O-])c2C)n1. The molecule has 0 bridgehead atoms. The first-order chi connectivity index (χ1) is 9.85. The number of anilines is 1. The molecule has 0 amide bonds. The van der Waals surface area contributed by atoms with E-state index in [0.29, 0.717) is 0 Å². The normalized spacial score (nSPS) is 11.1. The number of nitro groups is 1. The van der Waals surface area contributed by atoms with Crippen molar-refractivity contribution < 1.29 is 18.1 Å². The van der Waals surface area contributed by atoms with E-state index in [1.54, 1.807) is 0 Å². The molecule has 0 saturated carbocycles. The third kappa shape index (κ3) is 2.91. The van der Waals surface area contributed by atoms with Crippen molar-refractivity contribution in [2.75, 3.05) is 11.8 Å². The van der Waals surface area contributed by atoms with Crippen LogP contribution in [0.25, 0.3) is 0 Å². The maximum Gasteiger partial charge on any atom is 0.336 e. The standard InChI is InChI=1S/C10H11N5O5S/c1-6-7(15(16)17)4-3-5-8(6)21(18,19)14-9-11-10(20-2)13-12-9/h3-5H,1-2H3,(H2,11,12,13,14). The summed E-state index contributed by atoms with van der Waals surface area (Å²) in [4.78, 5) is 13.7. The lowest BCUT2D eigenvalue weighted by atomic mass is 10.2. The number of nitrogens with one attached hydrogen (secondary N) is 2. The van der Waals surface area contributed by atoms with E-state index >= 15 is 0 Å². The van der Waals surface area contributed by atoms with Gasteiger partial charge in [-0.15, -0.1) is 5.10 Å². The number of sulfonamides is 1. The molecule has 0 fully saturated rings. The van der Waals surface area contributed by atoms with Crippen molar-refractivity contribution in [1.82, 2.24) is 15.2 Å². The molecular weight excluding hydrogens is 302 g/mol. The first-order valence-electron chi connectivity index (χ1n) is 5.58. The third-order valence-corrected chi connectivity index (χ3v) is 4.10. The lowest BCUT2D eigenvalue weighted by Crippen LogP contribution is -2.15. The topological polar surface area (TPSA) is 140 Å². The highest BCUT2D eigenvalue weighted by molar-refractivity contribution is 7.92. The minimum atomic E-state index is -4.04. The maximum atomic E-state index is 12.2. The molecule has 1 aromatic heterocycles. The number of benzene rings is 1. The fourth-order valence-corrected chi connectivity index (χ4v) is 2.88. The summed E-state index contributed by atoms with van der Waals surface area (Å²) in [5.74, 6) is -0.155. The van der Waals surface area contributed by atoms with Crippen LogP contribution in [-0.4, -0.2) is 35.6 Å². The highest BCUT2D eigenvalue weighted by atomic mass is 32.2. The van der Waals surface area contributed by atoms with Crippen LogP contribution in [0, 0.1) is 17.0 Å². The number of nitrogens with zero attached hydrogens (tertiary/aromatic N) is 3. The first kappa shape index (κ1) is 14.7. The zero-order valence-corrected chi connectivity index (χ0v) is 11.8. The Balaban J connectivity index is 2.40. The van der Waals surface area contributed by atoms with E-state index in [-0.39, 0.29) is 28.1 Å². The van der Waals surface area contributed by atoms with Gasteiger partial charge in [-0.1, -0.05) is 6.07 Å². The highest BCUT2D eigenvalue weighted by Gasteiger charge is 2.24. The molecule has 21 heavy (non-hydrogen) atoms. The van der Waals surface area contributed by atoms with E-state index in [1.807, 2.05) is 0 Å². The van der Waals surface area contributed by atoms with E-state index in [0.717, 1.165) is 0 Å². The molecule has 0 saturated heterocycles. The Bertz CT molecular complexity index is 785. The van der Waals surface area contributed by atoms with Gasteiger partial charge >= 0.3 is 6.01 Å². The summed E-state index contributed by atoms with van der Waals surface area (Å²) in [6, 6.07) is 3.74. The van der Waals surface area contributed by atoms with E-state index in [1.165, 1.54) is 32.2 Å². The summed E-state index contributed by atoms with van der Waals surface area (Å²) in [5, 5.41) is 16.8. The lowest BCUT2D eigenvalue weighted by molar-refractivity contribution is -0.385. The van der Waals surface area contributed by atoms with Gasteiger partial charge in [-0.3, -0.25) is 10.1 Å². The Kier molecular flexibility index (Phi) is 3.76. The third-order valence-electron chi connectivity index (χ3n) is 2.62. The monoisotopic (exact) mass is 313 g/mol. The van der Waals surface area contributed by atoms with Crippen LogP contribution < -0.4 is 9.46 Å². The number of hydrogen-bond acceptors (Lipinski definition) is 7. The summed E-state index contributed by atoms with van der Waals surface area (Å²) in [6.45, 7) is 1.35. The Morgan fingerprint density at radius 2 is 2.14 bits per heavy atom. The molecule has 11 heteroatoms. The van der Waals surface area contributed by atoms with E-state index in [2.05, 4.69) is 19.9 Å². The van der Waals surface area contributed by atoms with Crippen LogP contribution in [-0.2, 0) is 10.0 Å². The Morgan fingerprint density at radius 1 is 1.43 bits per heavy atom. The van der Waals surface area contributed by atoms with Crippen molar-refractivity contribution in [2.45, 2.75) is 11.8 Å². The summed E-state index contributed by atoms with van der Waals surface area (Å²) in [6.07, 6.45) is 0. The Hall–Kier alpha value is -2.69. The van der Waals surface area contributed by atoms with Gasteiger partial charge in [-0.2, -0.15) is 4.98 Å². The zero-order chi connectivity index (χ0) is 15.6. The largest absolute Gasteiger partial charge is 0.466 e. The van der Waals surface area contributed by atoms with Gasteiger partial charge in [0.2, 0.25) is 5.95 Å². The molecule has 1 aromatic carbocycles. The fourth-order valence-electron chi connectivity index (χ4n) is 1.66. The summed E-state index contributed by atoms with van der Waals surface area (Å²) < 4.78 is 31.3. The van der Waals surface area contributed by atoms with Gasteiger partial charge in [0.1, 0.15) is 0 Å². The Morgan fingerprint density at radius 3 is 2.71 bits per heavy atom. The molecule has 10 nitrogen and oxygen atoms in total. The molecule has 0 atom stereocenters.